The summed E-state index contributed by atoms with van der Waals surface area (Å²) in [6.45, 7) is 0. The first kappa shape index (κ1) is 24.5. The number of carboxylic acids is 1. The van der Waals surface area contributed by atoms with Crippen molar-refractivity contribution >= 4 is 17.6 Å². The van der Waals surface area contributed by atoms with Crippen LogP contribution in [0.1, 0.15) is 67.2 Å². The SMILES string of the molecule is O=C(O)CCC/C=C\C[C@@H]1[C@@H](c2ccc(C(O)CCc3ccccc3)cc2)[C@H](O)C[C@@H]1Cl. The maximum absolute atomic E-state index is 10.7. The lowest BCUT2D eigenvalue weighted by Crippen LogP contribution is -2.18. The number of aliphatic hydroxyl groups is 2. The fourth-order valence-electron chi connectivity index (χ4n) is 4.62. The van der Waals surface area contributed by atoms with E-state index in [2.05, 4.69) is 18.2 Å². The van der Waals surface area contributed by atoms with Crippen molar-refractivity contribution in [2.45, 2.75) is 68.4 Å². The summed E-state index contributed by atoms with van der Waals surface area (Å²) in [5.41, 5.74) is 3.14. The zero-order valence-corrected chi connectivity index (χ0v) is 19.1. The first-order valence-corrected chi connectivity index (χ1v) is 11.9. The highest BCUT2D eigenvalue weighted by Crippen LogP contribution is 2.45. The minimum Gasteiger partial charge on any atom is -0.481 e. The summed E-state index contributed by atoms with van der Waals surface area (Å²) in [6, 6.07) is 18.1. The number of carbonyl (C=O) groups is 1. The summed E-state index contributed by atoms with van der Waals surface area (Å²) in [5, 5.41) is 29.9. The molecule has 3 rings (SSSR count). The number of aryl methyl sites for hydroxylation is 1. The van der Waals surface area contributed by atoms with Gasteiger partial charge >= 0.3 is 5.97 Å². The summed E-state index contributed by atoms with van der Waals surface area (Å²) < 4.78 is 0. The first-order valence-electron chi connectivity index (χ1n) is 11.5. The standard InChI is InChI=1S/C27H33ClO4/c28-23-18-25(30)27(22(23)10-6-1-2-7-11-26(31)32)21-15-13-20(14-16-21)24(29)17-12-19-8-4-3-5-9-19/h1,3-6,8-9,13-16,22-25,27,29-30H,2,7,10-12,17-18H2,(H,31,32)/b6-1-/t22-,23-,24?,25+,27+/m0/s1. The Morgan fingerprint density at radius 1 is 1.09 bits per heavy atom. The number of allylic oxidation sites excluding steroid dienone is 2. The van der Waals surface area contributed by atoms with Crippen LogP contribution in [0.15, 0.2) is 66.7 Å². The molecule has 0 amide bonds. The zero-order valence-electron chi connectivity index (χ0n) is 18.3. The summed E-state index contributed by atoms with van der Waals surface area (Å²) in [5.74, 6) is -0.695. The number of halogens is 1. The van der Waals surface area contributed by atoms with Gasteiger partial charge in [0.2, 0.25) is 0 Å². The summed E-state index contributed by atoms with van der Waals surface area (Å²) in [6.07, 6.45) is 7.39. The van der Waals surface area contributed by atoms with Crippen LogP contribution in [0.4, 0.5) is 0 Å². The van der Waals surface area contributed by atoms with Crippen molar-refractivity contribution < 1.29 is 20.1 Å². The molecule has 1 unspecified atom stereocenters. The molecule has 2 aromatic rings. The average molecular weight is 457 g/mol. The first-order chi connectivity index (χ1) is 15.5. The molecule has 1 aliphatic carbocycles. The van der Waals surface area contributed by atoms with E-state index in [9.17, 15) is 15.0 Å². The molecule has 32 heavy (non-hydrogen) atoms. The molecule has 2 aromatic carbocycles. The van der Waals surface area contributed by atoms with Gasteiger partial charge in [-0.05, 0) is 61.1 Å². The second-order valence-electron chi connectivity index (χ2n) is 8.71. The number of rotatable bonds is 11. The maximum Gasteiger partial charge on any atom is 0.303 e. The quantitative estimate of drug-likeness (QED) is 0.233. The molecule has 0 bridgehead atoms. The number of benzene rings is 2. The largest absolute Gasteiger partial charge is 0.481 e. The van der Waals surface area contributed by atoms with Gasteiger partial charge in [0.25, 0.3) is 0 Å². The van der Waals surface area contributed by atoms with Crippen molar-refractivity contribution in [1.82, 2.24) is 0 Å². The smallest absolute Gasteiger partial charge is 0.303 e. The van der Waals surface area contributed by atoms with Crippen molar-refractivity contribution in [3.63, 3.8) is 0 Å². The van der Waals surface area contributed by atoms with Gasteiger partial charge in [-0.1, -0.05) is 66.7 Å². The van der Waals surface area contributed by atoms with Crippen LogP contribution < -0.4 is 0 Å². The minimum atomic E-state index is -0.771. The lowest BCUT2D eigenvalue weighted by molar-refractivity contribution is -0.137. The fourth-order valence-corrected chi connectivity index (χ4v) is 5.07. The molecule has 172 valence electrons. The van der Waals surface area contributed by atoms with E-state index < -0.39 is 18.2 Å². The summed E-state index contributed by atoms with van der Waals surface area (Å²) in [7, 11) is 0. The minimum absolute atomic E-state index is 0.0447. The molecule has 1 fully saturated rings. The number of aliphatic hydroxyl groups excluding tert-OH is 2. The maximum atomic E-state index is 10.7. The van der Waals surface area contributed by atoms with E-state index in [1.807, 2.05) is 48.5 Å². The van der Waals surface area contributed by atoms with Crippen LogP contribution in [0.3, 0.4) is 0 Å². The molecular weight excluding hydrogens is 424 g/mol. The monoisotopic (exact) mass is 456 g/mol. The van der Waals surface area contributed by atoms with Gasteiger partial charge < -0.3 is 15.3 Å². The normalized spacial score (nSPS) is 24.1. The highest BCUT2D eigenvalue weighted by Gasteiger charge is 2.41. The number of alkyl halides is 1. The van der Waals surface area contributed by atoms with Crippen LogP contribution in [-0.2, 0) is 11.2 Å². The predicted octanol–water partition coefficient (Wildman–Crippen LogP) is 5.63. The molecule has 0 spiro atoms. The van der Waals surface area contributed by atoms with Gasteiger partial charge in [0.05, 0.1) is 12.2 Å². The van der Waals surface area contributed by atoms with Gasteiger partial charge in [-0.15, -0.1) is 11.6 Å². The van der Waals surface area contributed by atoms with Crippen LogP contribution in [0.25, 0.3) is 0 Å². The molecule has 3 N–H and O–H groups in total. The number of aliphatic carboxylic acids is 1. The van der Waals surface area contributed by atoms with Crippen LogP contribution in [0.5, 0.6) is 0 Å². The Bertz CT molecular complexity index is 865. The topological polar surface area (TPSA) is 77.8 Å². The van der Waals surface area contributed by atoms with Crippen LogP contribution >= 0.6 is 11.6 Å². The van der Waals surface area contributed by atoms with Crippen LogP contribution in [0.2, 0.25) is 0 Å². The molecular formula is C27H33ClO4. The molecule has 1 saturated carbocycles. The van der Waals surface area contributed by atoms with E-state index in [4.69, 9.17) is 16.7 Å². The van der Waals surface area contributed by atoms with E-state index in [1.165, 1.54) is 5.56 Å². The van der Waals surface area contributed by atoms with E-state index >= 15 is 0 Å². The van der Waals surface area contributed by atoms with Crippen molar-refractivity contribution in [1.29, 1.82) is 0 Å². The van der Waals surface area contributed by atoms with Gasteiger partial charge in [-0.2, -0.15) is 0 Å². The molecule has 0 radical (unpaired) electrons. The third-order valence-electron chi connectivity index (χ3n) is 6.40. The Kier molecular flexibility index (Phi) is 9.34. The van der Waals surface area contributed by atoms with Crippen molar-refractivity contribution in [3.05, 3.63) is 83.4 Å². The molecule has 0 saturated heterocycles. The lowest BCUT2D eigenvalue weighted by Gasteiger charge is -2.23. The van der Waals surface area contributed by atoms with Gasteiger partial charge in [0.15, 0.2) is 0 Å². The second-order valence-corrected chi connectivity index (χ2v) is 9.27. The Morgan fingerprint density at radius 2 is 1.81 bits per heavy atom. The number of hydrogen-bond acceptors (Lipinski definition) is 3. The predicted molar refractivity (Wildman–Crippen MR) is 128 cm³/mol. The highest BCUT2D eigenvalue weighted by molar-refractivity contribution is 6.21. The molecule has 5 atom stereocenters. The average Bonchev–Trinajstić information content (AvgIpc) is 3.07. The van der Waals surface area contributed by atoms with Gasteiger partial charge in [0.1, 0.15) is 0 Å². The lowest BCUT2D eigenvalue weighted by atomic mass is 9.84. The summed E-state index contributed by atoms with van der Waals surface area (Å²) >= 11 is 6.57. The van der Waals surface area contributed by atoms with Crippen molar-refractivity contribution in [3.8, 4) is 0 Å². The van der Waals surface area contributed by atoms with E-state index in [0.29, 0.717) is 19.3 Å². The fraction of sp³-hybridized carbons (Fsp3) is 0.444. The van der Waals surface area contributed by atoms with Crippen molar-refractivity contribution in [2.75, 3.05) is 0 Å². The van der Waals surface area contributed by atoms with E-state index in [0.717, 1.165) is 30.4 Å². The van der Waals surface area contributed by atoms with Crippen molar-refractivity contribution in [2.24, 2.45) is 5.92 Å². The van der Waals surface area contributed by atoms with E-state index in [-0.39, 0.29) is 23.6 Å². The molecule has 4 nitrogen and oxygen atoms in total. The van der Waals surface area contributed by atoms with E-state index in [1.54, 1.807) is 0 Å². The van der Waals surface area contributed by atoms with Gasteiger partial charge in [0, 0.05) is 17.7 Å². The van der Waals surface area contributed by atoms with Crippen LogP contribution in [-0.4, -0.2) is 32.8 Å². The molecule has 0 aromatic heterocycles. The Labute approximate surface area is 195 Å². The third kappa shape index (κ3) is 6.93. The molecule has 5 heteroatoms. The number of unbranched alkanes of at least 4 members (excludes halogenated alkanes) is 1. The molecule has 0 heterocycles. The Morgan fingerprint density at radius 3 is 2.50 bits per heavy atom. The second kappa shape index (κ2) is 12.2. The number of hydrogen-bond donors (Lipinski definition) is 3. The molecule has 1 aliphatic rings. The van der Waals surface area contributed by atoms with Gasteiger partial charge in [-0.25, -0.2) is 0 Å². The zero-order chi connectivity index (χ0) is 22.9. The van der Waals surface area contributed by atoms with Gasteiger partial charge in [-0.3, -0.25) is 4.79 Å². The number of carboxylic acid groups (broad SMARTS) is 1. The summed E-state index contributed by atoms with van der Waals surface area (Å²) in [4.78, 5) is 10.6. The third-order valence-corrected chi connectivity index (χ3v) is 6.90. The molecule has 0 aliphatic heterocycles. The Hall–Kier alpha value is -2.14. The Balaban J connectivity index is 1.58. The highest BCUT2D eigenvalue weighted by atomic mass is 35.5. The van der Waals surface area contributed by atoms with Crippen LogP contribution in [0, 0.1) is 5.92 Å².